The Balaban J connectivity index is 1.54. The van der Waals surface area contributed by atoms with E-state index in [0.29, 0.717) is 0 Å². The molecule has 0 saturated carbocycles. The molecule has 230 valence electrons. The summed E-state index contributed by atoms with van der Waals surface area (Å²) in [5, 5.41) is 3.72. The Kier molecular flexibility index (Phi) is 8.72. The van der Waals surface area contributed by atoms with Crippen LogP contribution in [0.15, 0.2) is 121 Å². The summed E-state index contributed by atoms with van der Waals surface area (Å²) in [7, 11) is -0.570. The zero-order valence-corrected chi connectivity index (χ0v) is 28.4. The van der Waals surface area contributed by atoms with Crippen molar-refractivity contribution in [2.45, 2.75) is 50.8 Å². The molecule has 0 unspecified atom stereocenters. The van der Waals surface area contributed by atoms with Crippen LogP contribution in [-0.2, 0) is 16.4 Å². The molecule has 1 N–H and O–H groups in total. The van der Waals surface area contributed by atoms with Crippen molar-refractivity contribution in [2.75, 3.05) is 7.11 Å². The SMILES string of the molecule is COc1ccc([C@H](N[S@](=O)C(C)(C)C)c2cccc3c2Oc2c(P(c4ccccc4)c4ccccc4)cccc2C3(C)C)cc1. The van der Waals surface area contributed by atoms with Crippen molar-refractivity contribution in [3.05, 3.63) is 144 Å². The molecule has 0 aliphatic carbocycles. The average molecular weight is 634 g/mol. The fourth-order valence-electron chi connectivity index (χ4n) is 5.91. The predicted octanol–water partition coefficient (Wildman–Crippen LogP) is 8.03. The summed E-state index contributed by atoms with van der Waals surface area (Å²) in [4.78, 5) is 0. The smallest absolute Gasteiger partial charge is 0.139 e. The molecule has 6 heteroatoms. The number of ether oxygens (including phenoxy) is 2. The number of nitrogens with one attached hydrogen (secondary N) is 1. The molecule has 45 heavy (non-hydrogen) atoms. The van der Waals surface area contributed by atoms with Gasteiger partial charge in [0.25, 0.3) is 0 Å². The number of fused-ring (bicyclic) bond motifs is 2. The van der Waals surface area contributed by atoms with E-state index in [1.54, 1.807) is 7.11 Å². The quantitative estimate of drug-likeness (QED) is 0.176. The van der Waals surface area contributed by atoms with E-state index in [2.05, 4.69) is 116 Å². The van der Waals surface area contributed by atoms with Gasteiger partial charge in [-0.1, -0.05) is 123 Å². The van der Waals surface area contributed by atoms with Crippen molar-refractivity contribution in [1.82, 2.24) is 4.72 Å². The first kappa shape index (κ1) is 31.2. The van der Waals surface area contributed by atoms with Gasteiger partial charge in [-0.2, -0.15) is 0 Å². The van der Waals surface area contributed by atoms with Crippen molar-refractivity contribution in [2.24, 2.45) is 0 Å². The first-order valence-electron chi connectivity index (χ1n) is 15.3. The minimum Gasteiger partial charge on any atom is -0.497 e. The van der Waals surface area contributed by atoms with Crippen LogP contribution in [0.5, 0.6) is 17.2 Å². The molecule has 0 spiro atoms. The van der Waals surface area contributed by atoms with Gasteiger partial charge in [-0.3, -0.25) is 0 Å². The van der Waals surface area contributed by atoms with Crippen LogP contribution in [0.25, 0.3) is 0 Å². The number of methoxy groups -OCH3 is 1. The first-order chi connectivity index (χ1) is 21.6. The molecule has 1 aliphatic rings. The highest BCUT2D eigenvalue weighted by molar-refractivity contribution is 7.84. The maximum atomic E-state index is 13.6. The van der Waals surface area contributed by atoms with Gasteiger partial charge in [0, 0.05) is 27.4 Å². The van der Waals surface area contributed by atoms with Gasteiger partial charge in [0.05, 0.1) is 28.9 Å². The fourth-order valence-corrected chi connectivity index (χ4v) is 9.14. The molecule has 0 saturated heterocycles. The summed E-state index contributed by atoms with van der Waals surface area (Å²) < 4.78 is 29.3. The Morgan fingerprint density at radius 2 is 1.29 bits per heavy atom. The van der Waals surface area contributed by atoms with E-state index in [4.69, 9.17) is 9.47 Å². The van der Waals surface area contributed by atoms with Gasteiger partial charge < -0.3 is 9.47 Å². The van der Waals surface area contributed by atoms with Crippen molar-refractivity contribution in [3.8, 4) is 17.2 Å². The van der Waals surface area contributed by atoms with E-state index in [1.807, 2.05) is 45.0 Å². The topological polar surface area (TPSA) is 47.6 Å². The zero-order valence-electron chi connectivity index (χ0n) is 26.7. The van der Waals surface area contributed by atoms with E-state index < -0.39 is 23.7 Å². The highest BCUT2D eigenvalue weighted by atomic mass is 32.2. The fraction of sp³-hybridized carbons (Fsp3) is 0.231. The second-order valence-electron chi connectivity index (χ2n) is 12.8. The van der Waals surface area contributed by atoms with E-state index in [-0.39, 0.29) is 11.5 Å². The lowest BCUT2D eigenvalue weighted by Crippen LogP contribution is -2.37. The van der Waals surface area contributed by atoms with Gasteiger partial charge in [0.2, 0.25) is 0 Å². The molecule has 5 aromatic carbocycles. The summed E-state index contributed by atoms with van der Waals surface area (Å²) in [6, 6.07) is 42.0. The van der Waals surface area contributed by atoms with Crippen molar-refractivity contribution < 1.29 is 13.7 Å². The Labute approximate surface area is 271 Å². The minimum atomic E-state index is -1.34. The Hall–Kier alpha value is -3.76. The monoisotopic (exact) mass is 633 g/mol. The molecule has 0 aromatic heterocycles. The third-order valence-corrected chi connectivity index (χ3v) is 12.4. The number of para-hydroxylation sites is 2. The molecular formula is C39H40NO3PS. The van der Waals surface area contributed by atoms with Crippen LogP contribution in [-0.4, -0.2) is 16.1 Å². The number of hydrogen-bond donors (Lipinski definition) is 1. The van der Waals surface area contributed by atoms with Crippen LogP contribution < -0.4 is 30.1 Å². The van der Waals surface area contributed by atoms with Crippen LogP contribution in [0.4, 0.5) is 0 Å². The van der Waals surface area contributed by atoms with Crippen LogP contribution in [0.3, 0.4) is 0 Å². The summed E-state index contributed by atoms with van der Waals surface area (Å²) in [6.07, 6.45) is 0. The molecular weight excluding hydrogens is 593 g/mol. The molecule has 1 aliphatic heterocycles. The number of rotatable bonds is 8. The van der Waals surface area contributed by atoms with E-state index in [1.165, 1.54) is 15.9 Å². The molecule has 0 amide bonds. The maximum Gasteiger partial charge on any atom is 0.139 e. The Morgan fingerprint density at radius 3 is 1.84 bits per heavy atom. The average Bonchev–Trinajstić information content (AvgIpc) is 3.04. The second-order valence-corrected chi connectivity index (χ2v) is 17.0. The van der Waals surface area contributed by atoms with E-state index in [9.17, 15) is 4.21 Å². The van der Waals surface area contributed by atoms with Gasteiger partial charge in [0.15, 0.2) is 0 Å². The third-order valence-electron chi connectivity index (χ3n) is 8.40. The van der Waals surface area contributed by atoms with Gasteiger partial charge in [-0.05, 0) is 57.0 Å². The van der Waals surface area contributed by atoms with Gasteiger partial charge in [-0.15, -0.1) is 0 Å². The van der Waals surface area contributed by atoms with Gasteiger partial charge in [-0.25, -0.2) is 8.93 Å². The largest absolute Gasteiger partial charge is 0.497 e. The van der Waals surface area contributed by atoms with Gasteiger partial charge >= 0.3 is 0 Å². The third kappa shape index (κ3) is 6.10. The summed E-state index contributed by atoms with van der Waals surface area (Å²) in [5.41, 5.74) is 3.87. The Morgan fingerprint density at radius 1 is 0.733 bits per heavy atom. The number of hydrogen-bond acceptors (Lipinski definition) is 3. The lowest BCUT2D eigenvalue weighted by molar-refractivity contribution is 0.412. The summed E-state index contributed by atoms with van der Waals surface area (Å²) in [6.45, 7) is 10.5. The first-order valence-corrected chi connectivity index (χ1v) is 17.8. The van der Waals surface area contributed by atoms with Crippen LogP contribution in [0.1, 0.15) is 62.9 Å². The van der Waals surface area contributed by atoms with Crippen molar-refractivity contribution >= 4 is 34.8 Å². The van der Waals surface area contributed by atoms with Crippen molar-refractivity contribution in [1.29, 1.82) is 0 Å². The van der Waals surface area contributed by atoms with Crippen LogP contribution in [0, 0.1) is 0 Å². The predicted molar refractivity (Wildman–Crippen MR) is 190 cm³/mol. The molecule has 4 nitrogen and oxygen atoms in total. The normalized spacial score (nSPS) is 15.0. The summed E-state index contributed by atoms with van der Waals surface area (Å²) in [5.74, 6) is 2.50. The molecule has 0 bridgehead atoms. The lowest BCUT2D eigenvalue weighted by atomic mass is 9.74. The standard InChI is InChI=1S/C39H40NO3PS/c1-38(2,3)45(41)40-35(27-23-25-28(42-6)26-24-27)31-19-13-20-32-36(31)43-37-33(39(32,4)5)21-14-22-34(37)44(29-15-9-7-10-16-29)30-17-11-8-12-18-30/h7-26,35,40H,1-6H3/t35-,45+/m0/s1. The Bertz CT molecular complexity index is 1780. The minimum absolute atomic E-state index is 0.336. The van der Waals surface area contributed by atoms with Gasteiger partial charge in [0.1, 0.15) is 17.2 Å². The molecule has 0 radical (unpaired) electrons. The highest BCUT2D eigenvalue weighted by Crippen LogP contribution is 2.52. The number of benzene rings is 5. The summed E-state index contributed by atoms with van der Waals surface area (Å²) >= 11 is 0. The van der Waals surface area contributed by atoms with Crippen molar-refractivity contribution in [3.63, 3.8) is 0 Å². The molecule has 0 fully saturated rings. The highest BCUT2D eigenvalue weighted by Gasteiger charge is 2.39. The maximum absolute atomic E-state index is 13.6. The molecule has 1 heterocycles. The van der Waals surface area contributed by atoms with E-state index in [0.717, 1.165) is 39.5 Å². The lowest BCUT2D eigenvalue weighted by Gasteiger charge is -2.38. The zero-order chi connectivity index (χ0) is 31.8. The van der Waals surface area contributed by atoms with Crippen LogP contribution >= 0.6 is 7.92 Å². The van der Waals surface area contributed by atoms with Crippen LogP contribution in [0.2, 0.25) is 0 Å². The second kappa shape index (κ2) is 12.6. The molecule has 6 rings (SSSR count). The molecule has 2 atom stereocenters. The van der Waals surface area contributed by atoms with E-state index >= 15 is 0 Å². The molecule has 5 aromatic rings.